The molecule has 2 rings (SSSR count). The highest BCUT2D eigenvalue weighted by molar-refractivity contribution is 7.12. The molecule has 0 saturated heterocycles. The summed E-state index contributed by atoms with van der Waals surface area (Å²) in [5, 5.41) is 3.20. The zero-order valence-electron chi connectivity index (χ0n) is 13.6. The summed E-state index contributed by atoms with van der Waals surface area (Å²) in [6, 6.07) is 8.73. The molecule has 2 aromatic rings. The number of rotatable bonds is 6. The maximum absolute atomic E-state index is 6.12. The van der Waals surface area contributed by atoms with E-state index < -0.39 is 0 Å². The smallest absolute Gasteiger partial charge is 0.123 e. The second-order valence-corrected chi connectivity index (χ2v) is 7.15. The Bertz CT molecular complexity index is 601. The molecule has 0 spiro atoms. The molecule has 0 bridgehead atoms. The molecule has 0 aliphatic heterocycles. The Kier molecular flexibility index (Phi) is 5.43. The molecule has 1 aromatic heterocycles. The number of hydrogen-bond donors (Lipinski definition) is 1. The van der Waals surface area contributed by atoms with Crippen LogP contribution in [0.25, 0.3) is 0 Å². The number of ether oxygens (including phenoxy) is 1. The molecule has 114 valence electrons. The predicted molar refractivity (Wildman–Crippen MR) is 91.4 cm³/mol. The topological polar surface area (TPSA) is 21.3 Å². The molecule has 0 unspecified atom stereocenters. The first kappa shape index (κ1) is 16.1. The van der Waals surface area contributed by atoms with Gasteiger partial charge in [-0.1, -0.05) is 26.0 Å². The third-order valence-corrected chi connectivity index (χ3v) is 4.69. The molecule has 3 heteroatoms. The van der Waals surface area contributed by atoms with Crippen molar-refractivity contribution in [3.05, 3.63) is 50.7 Å². The standard InChI is InChI=1S/C18H25NOS/c1-12(2)17-7-6-13(3)8-18(17)20-11-15-9-16(10-19-5)21-14(15)4/h6-9,12,19H,10-11H2,1-5H3. The van der Waals surface area contributed by atoms with Crippen molar-refractivity contribution in [2.75, 3.05) is 7.05 Å². The van der Waals surface area contributed by atoms with Crippen LogP contribution >= 0.6 is 11.3 Å². The molecule has 0 fully saturated rings. The minimum atomic E-state index is 0.476. The van der Waals surface area contributed by atoms with E-state index in [0.29, 0.717) is 12.5 Å². The third kappa shape index (κ3) is 4.08. The molecule has 0 amide bonds. The van der Waals surface area contributed by atoms with Gasteiger partial charge in [0, 0.05) is 21.9 Å². The van der Waals surface area contributed by atoms with Crippen LogP contribution in [0.3, 0.4) is 0 Å². The molecule has 1 heterocycles. The Morgan fingerprint density at radius 2 is 1.95 bits per heavy atom. The average Bonchev–Trinajstić information content (AvgIpc) is 2.77. The SMILES string of the molecule is CNCc1cc(COc2cc(C)ccc2C(C)C)c(C)s1. The van der Waals surface area contributed by atoms with Crippen LogP contribution < -0.4 is 10.1 Å². The maximum atomic E-state index is 6.12. The van der Waals surface area contributed by atoms with Crippen molar-refractivity contribution in [3.63, 3.8) is 0 Å². The first-order valence-corrected chi connectivity index (χ1v) is 8.29. The molecule has 0 aliphatic rings. The lowest BCUT2D eigenvalue weighted by Crippen LogP contribution is -2.03. The van der Waals surface area contributed by atoms with E-state index in [1.807, 2.05) is 18.4 Å². The Morgan fingerprint density at radius 3 is 2.62 bits per heavy atom. The third-order valence-electron chi connectivity index (χ3n) is 3.60. The summed E-state index contributed by atoms with van der Waals surface area (Å²) in [5.41, 5.74) is 3.82. The van der Waals surface area contributed by atoms with Crippen LogP contribution in [0.2, 0.25) is 0 Å². The summed E-state index contributed by atoms with van der Waals surface area (Å²) in [4.78, 5) is 2.71. The fourth-order valence-electron chi connectivity index (χ4n) is 2.39. The van der Waals surface area contributed by atoms with Crippen LogP contribution in [-0.2, 0) is 13.2 Å². The van der Waals surface area contributed by atoms with Crippen molar-refractivity contribution in [1.82, 2.24) is 5.32 Å². The van der Waals surface area contributed by atoms with Crippen LogP contribution in [-0.4, -0.2) is 7.05 Å². The van der Waals surface area contributed by atoms with Gasteiger partial charge >= 0.3 is 0 Å². The van der Waals surface area contributed by atoms with Crippen LogP contribution in [0.15, 0.2) is 24.3 Å². The molecule has 0 aliphatic carbocycles. The highest BCUT2D eigenvalue weighted by atomic mass is 32.1. The summed E-state index contributed by atoms with van der Waals surface area (Å²) >= 11 is 1.85. The number of hydrogen-bond acceptors (Lipinski definition) is 3. The van der Waals surface area contributed by atoms with Gasteiger partial charge in [-0.25, -0.2) is 0 Å². The van der Waals surface area contributed by atoms with E-state index in [0.717, 1.165) is 12.3 Å². The minimum absolute atomic E-state index is 0.476. The van der Waals surface area contributed by atoms with Crippen molar-refractivity contribution < 1.29 is 4.74 Å². The van der Waals surface area contributed by atoms with E-state index in [1.165, 1.54) is 26.4 Å². The molecule has 0 saturated carbocycles. The zero-order chi connectivity index (χ0) is 15.4. The van der Waals surface area contributed by atoms with E-state index in [1.54, 1.807) is 0 Å². The second-order valence-electron chi connectivity index (χ2n) is 5.81. The molecular formula is C18H25NOS. The number of thiophene rings is 1. The van der Waals surface area contributed by atoms with Gasteiger partial charge in [0.2, 0.25) is 0 Å². The molecule has 0 radical (unpaired) electrons. The molecule has 1 N–H and O–H groups in total. The van der Waals surface area contributed by atoms with E-state index in [9.17, 15) is 0 Å². The van der Waals surface area contributed by atoms with Gasteiger partial charge in [-0.05, 0) is 50.1 Å². The highest BCUT2D eigenvalue weighted by Crippen LogP contribution is 2.29. The van der Waals surface area contributed by atoms with E-state index >= 15 is 0 Å². The minimum Gasteiger partial charge on any atom is -0.489 e. The lowest BCUT2D eigenvalue weighted by molar-refractivity contribution is 0.301. The predicted octanol–water partition coefficient (Wildman–Crippen LogP) is 4.79. The maximum Gasteiger partial charge on any atom is 0.123 e. The lowest BCUT2D eigenvalue weighted by Gasteiger charge is -2.14. The van der Waals surface area contributed by atoms with Crippen LogP contribution in [0, 0.1) is 13.8 Å². The van der Waals surface area contributed by atoms with Gasteiger partial charge in [-0.15, -0.1) is 11.3 Å². The van der Waals surface area contributed by atoms with Crippen molar-refractivity contribution >= 4 is 11.3 Å². The summed E-state index contributed by atoms with van der Waals surface area (Å²) in [7, 11) is 1.98. The van der Waals surface area contributed by atoms with Crippen molar-refractivity contribution in [2.24, 2.45) is 0 Å². The number of aryl methyl sites for hydroxylation is 2. The molecule has 21 heavy (non-hydrogen) atoms. The van der Waals surface area contributed by atoms with Crippen molar-refractivity contribution in [1.29, 1.82) is 0 Å². The van der Waals surface area contributed by atoms with Crippen molar-refractivity contribution in [2.45, 2.75) is 46.8 Å². The second kappa shape index (κ2) is 7.10. The number of benzene rings is 1. The van der Waals surface area contributed by atoms with Gasteiger partial charge in [0.25, 0.3) is 0 Å². The van der Waals surface area contributed by atoms with E-state index in [-0.39, 0.29) is 0 Å². The zero-order valence-corrected chi connectivity index (χ0v) is 14.4. The first-order chi connectivity index (χ1) is 10.0. The summed E-state index contributed by atoms with van der Waals surface area (Å²) in [5.74, 6) is 1.50. The van der Waals surface area contributed by atoms with Gasteiger partial charge in [-0.2, -0.15) is 0 Å². The summed E-state index contributed by atoms with van der Waals surface area (Å²) < 4.78 is 6.12. The largest absolute Gasteiger partial charge is 0.489 e. The lowest BCUT2D eigenvalue weighted by atomic mass is 10.0. The molecule has 1 aromatic carbocycles. The molecular weight excluding hydrogens is 278 g/mol. The fraction of sp³-hybridized carbons (Fsp3) is 0.444. The van der Waals surface area contributed by atoms with Gasteiger partial charge in [0.05, 0.1) is 0 Å². The van der Waals surface area contributed by atoms with Crippen LogP contribution in [0.1, 0.15) is 46.2 Å². The van der Waals surface area contributed by atoms with E-state index in [4.69, 9.17) is 4.74 Å². The summed E-state index contributed by atoms with van der Waals surface area (Å²) in [6.45, 7) is 10.3. The van der Waals surface area contributed by atoms with Crippen molar-refractivity contribution in [3.8, 4) is 5.75 Å². The molecule has 0 atom stereocenters. The Balaban J connectivity index is 2.14. The normalized spacial score (nSPS) is 11.1. The summed E-state index contributed by atoms with van der Waals surface area (Å²) in [6.07, 6.45) is 0. The quantitative estimate of drug-likeness (QED) is 0.828. The molecule has 2 nitrogen and oxygen atoms in total. The number of nitrogens with one attached hydrogen (secondary N) is 1. The van der Waals surface area contributed by atoms with Gasteiger partial charge < -0.3 is 10.1 Å². The van der Waals surface area contributed by atoms with E-state index in [2.05, 4.69) is 57.3 Å². The Labute approximate surface area is 132 Å². The van der Waals surface area contributed by atoms with Gasteiger partial charge in [0.1, 0.15) is 12.4 Å². The Morgan fingerprint density at radius 1 is 1.19 bits per heavy atom. The first-order valence-electron chi connectivity index (χ1n) is 7.47. The van der Waals surface area contributed by atoms with Crippen LogP contribution in [0.5, 0.6) is 5.75 Å². The Hall–Kier alpha value is -1.32. The fourth-order valence-corrected chi connectivity index (χ4v) is 3.45. The monoisotopic (exact) mass is 303 g/mol. The van der Waals surface area contributed by atoms with Gasteiger partial charge in [-0.3, -0.25) is 0 Å². The average molecular weight is 303 g/mol. The van der Waals surface area contributed by atoms with Gasteiger partial charge in [0.15, 0.2) is 0 Å². The highest BCUT2D eigenvalue weighted by Gasteiger charge is 2.10. The van der Waals surface area contributed by atoms with Crippen LogP contribution in [0.4, 0.5) is 0 Å².